The Morgan fingerprint density at radius 2 is 2.00 bits per heavy atom. The van der Waals surface area contributed by atoms with Crippen molar-refractivity contribution in [2.45, 2.75) is 13.8 Å². The molecule has 0 saturated heterocycles. The molecule has 82 valence electrons. The number of hydrogen-bond donors (Lipinski definition) is 0. The molecule has 0 bridgehead atoms. The normalized spacial score (nSPS) is 10.4. The summed E-state index contributed by atoms with van der Waals surface area (Å²) >= 11 is 4.91. The van der Waals surface area contributed by atoms with Crippen LogP contribution in [-0.4, -0.2) is 5.78 Å². The van der Waals surface area contributed by atoms with E-state index < -0.39 is 0 Å². The Kier molecular flexibility index (Phi) is 3.26. The van der Waals surface area contributed by atoms with Crippen LogP contribution in [-0.2, 0) is 0 Å². The van der Waals surface area contributed by atoms with Gasteiger partial charge in [-0.05, 0) is 54.6 Å². The molecule has 0 spiro atoms. The highest BCUT2D eigenvalue weighted by atomic mass is 79.9. The summed E-state index contributed by atoms with van der Waals surface area (Å²) in [6.07, 6.45) is 0. The van der Waals surface area contributed by atoms with Gasteiger partial charge in [-0.2, -0.15) is 0 Å². The van der Waals surface area contributed by atoms with Crippen LogP contribution in [0.2, 0.25) is 0 Å². The zero-order chi connectivity index (χ0) is 11.7. The molecular formula is C13H11BrOS. The first-order chi connectivity index (χ1) is 7.58. The second kappa shape index (κ2) is 4.52. The molecule has 0 N–H and O–H groups in total. The molecule has 1 aromatic heterocycles. The van der Waals surface area contributed by atoms with Gasteiger partial charge in [0.2, 0.25) is 5.78 Å². The van der Waals surface area contributed by atoms with Gasteiger partial charge in [0.15, 0.2) is 0 Å². The first kappa shape index (κ1) is 11.6. The molecule has 0 aliphatic rings. The minimum Gasteiger partial charge on any atom is -0.288 e. The lowest BCUT2D eigenvalue weighted by Crippen LogP contribution is -2.00. The molecule has 0 radical (unpaired) electrons. The molecule has 3 heteroatoms. The molecule has 0 atom stereocenters. The monoisotopic (exact) mass is 294 g/mol. The summed E-state index contributed by atoms with van der Waals surface area (Å²) in [5.41, 5.74) is 2.89. The van der Waals surface area contributed by atoms with Crippen molar-refractivity contribution >= 4 is 33.0 Å². The molecule has 1 aromatic carbocycles. The molecular weight excluding hydrogens is 284 g/mol. The second-order valence-electron chi connectivity index (χ2n) is 3.78. The van der Waals surface area contributed by atoms with Crippen LogP contribution in [0.3, 0.4) is 0 Å². The Bertz CT molecular complexity index is 522. The van der Waals surface area contributed by atoms with Crippen LogP contribution in [0.15, 0.2) is 34.1 Å². The van der Waals surface area contributed by atoms with E-state index in [4.69, 9.17) is 0 Å². The number of ketones is 1. The molecule has 2 rings (SSSR count). The average molecular weight is 295 g/mol. The maximum Gasteiger partial charge on any atom is 0.203 e. The van der Waals surface area contributed by atoms with Gasteiger partial charge in [0, 0.05) is 10.0 Å². The molecule has 1 nitrogen and oxygen atoms in total. The van der Waals surface area contributed by atoms with Crippen LogP contribution < -0.4 is 0 Å². The van der Waals surface area contributed by atoms with Crippen molar-refractivity contribution in [2.75, 3.05) is 0 Å². The summed E-state index contributed by atoms with van der Waals surface area (Å²) in [4.78, 5) is 13.1. The molecule has 0 saturated carbocycles. The van der Waals surface area contributed by atoms with Gasteiger partial charge in [0.25, 0.3) is 0 Å². The molecule has 2 aromatic rings. The summed E-state index contributed by atoms with van der Waals surface area (Å²) in [6, 6.07) is 7.77. The number of carbonyl (C=O) groups is 1. The van der Waals surface area contributed by atoms with Crippen LogP contribution in [0.4, 0.5) is 0 Å². The highest BCUT2D eigenvalue weighted by molar-refractivity contribution is 9.10. The Hall–Kier alpha value is -0.930. The van der Waals surface area contributed by atoms with E-state index in [1.165, 1.54) is 11.3 Å². The number of hydrogen-bond acceptors (Lipinski definition) is 2. The number of carbonyl (C=O) groups excluding carboxylic acids is 1. The maximum absolute atomic E-state index is 12.2. The Morgan fingerprint density at radius 3 is 2.56 bits per heavy atom. The van der Waals surface area contributed by atoms with E-state index in [-0.39, 0.29) is 5.78 Å². The van der Waals surface area contributed by atoms with Crippen LogP contribution in [0.25, 0.3) is 0 Å². The van der Waals surface area contributed by atoms with Crippen molar-refractivity contribution in [3.8, 4) is 0 Å². The fraction of sp³-hybridized carbons (Fsp3) is 0.154. The van der Waals surface area contributed by atoms with Crippen molar-refractivity contribution in [3.63, 3.8) is 0 Å². The molecule has 0 fully saturated rings. The molecule has 0 amide bonds. The molecule has 16 heavy (non-hydrogen) atoms. The third kappa shape index (κ3) is 2.25. The summed E-state index contributed by atoms with van der Waals surface area (Å²) < 4.78 is 0.949. The predicted molar refractivity (Wildman–Crippen MR) is 71.4 cm³/mol. The maximum atomic E-state index is 12.2. The van der Waals surface area contributed by atoms with E-state index in [2.05, 4.69) is 15.9 Å². The minimum absolute atomic E-state index is 0.108. The van der Waals surface area contributed by atoms with Gasteiger partial charge in [-0.25, -0.2) is 0 Å². The fourth-order valence-corrected chi connectivity index (χ4v) is 3.10. The molecule has 0 aliphatic heterocycles. The predicted octanol–water partition coefficient (Wildman–Crippen LogP) is 4.36. The number of halogens is 1. The van der Waals surface area contributed by atoms with Gasteiger partial charge in [-0.15, -0.1) is 11.3 Å². The van der Waals surface area contributed by atoms with Crippen molar-refractivity contribution in [1.82, 2.24) is 0 Å². The summed E-state index contributed by atoms with van der Waals surface area (Å²) in [6.45, 7) is 3.96. The standard InChI is InChI=1S/C13H11BrOS/c1-8-5-10(7-11(14)6-8)12(15)13-9(2)3-4-16-13/h3-7H,1-2H3. The van der Waals surface area contributed by atoms with E-state index in [0.29, 0.717) is 0 Å². The van der Waals surface area contributed by atoms with Crippen molar-refractivity contribution < 1.29 is 4.79 Å². The van der Waals surface area contributed by atoms with Gasteiger partial charge in [0.1, 0.15) is 0 Å². The lowest BCUT2D eigenvalue weighted by atomic mass is 10.1. The van der Waals surface area contributed by atoms with Crippen molar-refractivity contribution in [1.29, 1.82) is 0 Å². The second-order valence-corrected chi connectivity index (χ2v) is 5.61. The number of aryl methyl sites for hydroxylation is 2. The third-order valence-electron chi connectivity index (χ3n) is 2.37. The van der Waals surface area contributed by atoms with Crippen molar-refractivity contribution in [2.24, 2.45) is 0 Å². The quantitative estimate of drug-likeness (QED) is 0.752. The van der Waals surface area contributed by atoms with E-state index in [1.54, 1.807) is 0 Å². The Morgan fingerprint density at radius 1 is 1.25 bits per heavy atom. The third-order valence-corrected chi connectivity index (χ3v) is 3.85. The van der Waals surface area contributed by atoms with E-state index in [1.807, 2.05) is 43.5 Å². The van der Waals surface area contributed by atoms with Crippen LogP contribution in [0.1, 0.15) is 26.4 Å². The fourth-order valence-electron chi connectivity index (χ4n) is 1.60. The molecule has 0 unspecified atom stereocenters. The topological polar surface area (TPSA) is 17.1 Å². The van der Waals surface area contributed by atoms with Gasteiger partial charge in [-0.1, -0.05) is 15.9 Å². The highest BCUT2D eigenvalue weighted by Crippen LogP contribution is 2.23. The van der Waals surface area contributed by atoms with E-state index in [0.717, 1.165) is 26.0 Å². The Balaban J connectivity index is 2.45. The number of benzene rings is 1. The van der Waals surface area contributed by atoms with E-state index >= 15 is 0 Å². The lowest BCUT2D eigenvalue weighted by molar-refractivity contribution is 0.104. The lowest BCUT2D eigenvalue weighted by Gasteiger charge is -2.02. The summed E-state index contributed by atoms with van der Waals surface area (Å²) in [5, 5.41) is 1.95. The van der Waals surface area contributed by atoms with E-state index in [9.17, 15) is 4.79 Å². The average Bonchev–Trinajstić information content (AvgIpc) is 2.62. The van der Waals surface area contributed by atoms with Crippen molar-refractivity contribution in [3.05, 3.63) is 55.7 Å². The zero-order valence-electron chi connectivity index (χ0n) is 9.08. The number of thiophene rings is 1. The smallest absolute Gasteiger partial charge is 0.203 e. The van der Waals surface area contributed by atoms with Crippen LogP contribution in [0.5, 0.6) is 0 Å². The molecule has 1 heterocycles. The minimum atomic E-state index is 0.108. The summed E-state index contributed by atoms with van der Waals surface area (Å²) in [7, 11) is 0. The first-order valence-electron chi connectivity index (χ1n) is 4.94. The SMILES string of the molecule is Cc1cc(Br)cc(C(=O)c2sccc2C)c1. The Labute approximate surface area is 107 Å². The van der Waals surface area contributed by atoms with Gasteiger partial charge in [0.05, 0.1) is 4.88 Å². The van der Waals surface area contributed by atoms with Crippen LogP contribution in [0, 0.1) is 13.8 Å². The number of rotatable bonds is 2. The zero-order valence-corrected chi connectivity index (χ0v) is 11.5. The largest absolute Gasteiger partial charge is 0.288 e. The van der Waals surface area contributed by atoms with Crippen LogP contribution >= 0.6 is 27.3 Å². The molecule has 0 aliphatic carbocycles. The summed E-state index contributed by atoms with van der Waals surface area (Å²) in [5.74, 6) is 0.108. The van der Waals surface area contributed by atoms with Gasteiger partial charge >= 0.3 is 0 Å². The first-order valence-corrected chi connectivity index (χ1v) is 6.61. The van der Waals surface area contributed by atoms with Gasteiger partial charge < -0.3 is 0 Å². The highest BCUT2D eigenvalue weighted by Gasteiger charge is 2.13. The van der Waals surface area contributed by atoms with Gasteiger partial charge in [-0.3, -0.25) is 4.79 Å².